The third-order valence-electron chi connectivity index (χ3n) is 5.56. The zero-order chi connectivity index (χ0) is 21.5. The number of amides is 2. The largest absolute Gasteiger partial charge is 0.357 e. The molecule has 30 heavy (non-hydrogen) atoms. The van der Waals surface area contributed by atoms with Crippen LogP contribution in [0, 0.1) is 6.92 Å². The van der Waals surface area contributed by atoms with Gasteiger partial charge in [-0.25, -0.2) is 0 Å². The normalized spacial score (nSPS) is 11.8. The van der Waals surface area contributed by atoms with Gasteiger partial charge in [0.15, 0.2) is 0 Å². The Labute approximate surface area is 178 Å². The summed E-state index contributed by atoms with van der Waals surface area (Å²) in [6.07, 6.45) is 1.59. The lowest BCUT2D eigenvalue weighted by atomic mass is 10.00. The smallest absolute Gasteiger partial charge is 0.242 e. The first-order chi connectivity index (χ1) is 14.5. The van der Waals surface area contributed by atoms with Crippen molar-refractivity contribution in [2.75, 3.05) is 7.05 Å². The molecule has 0 aliphatic rings. The first kappa shape index (κ1) is 21.6. The highest BCUT2D eigenvalue weighted by Gasteiger charge is 2.27. The van der Waals surface area contributed by atoms with E-state index in [-0.39, 0.29) is 11.8 Å². The van der Waals surface area contributed by atoms with E-state index in [1.54, 1.807) is 11.9 Å². The summed E-state index contributed by atoms with van der Waals surface area (Å²) >= 11 is 0. The molecule has 4 nitrogen and oxygen atoms in total. The number of nitrogens with zero attached hydrogens (tertiary/aromatic N) is 1. The Balaban J connectivity index is 1.82. The molecule has 2 amide bonds. The maximum atomic E-state index is 13.3. The summed E-state index contributed by atoms with van der Waals surface area (Å²) in [4.78, 5) is 27.5. The summed E-state index contributed by atoms with van der Waals surface area (Å²) in [5.74, 6) is -0.122. The Morgan fingerprint density at radius 1 is 1.00 bits per heavy atom. The van der Waals surface area contributed by atoms with Gasteiger partial charge in [0.1, 0.15) is 6.04 Å². The number of benzene rings is 3. The monoisotopic (exact) mass is 402 g/mol. The molecule has 3 aromatic rings. The topological polar surface area (TPSA) is 49.4 Å². The molecule has 4 heteroatoms. The van der Waals surface area contributed by atoms with Crippen molar-refractivity contribution in [1.29, 1.82) is 0 Å². The minimum absolute atomic E-state index is 0.000102. The van der Waals surface area contributed by atoms with Gasteiger partial charge in [-0.1, -0.05) is 79.2 Å². The van der Waals surface area contributed by atoms with E-state index in [2.05, 4.69) is 35.6 Å². The molecule has 0 saturated carbocycles. The highest BCUT2D eigenvalue weighted by molar-refractivity contribution is 5.89. The average molecular weight is 403 g/mol. The number of likely N-dealkylation sites (N-methyl/N-ethyl adjacent to an activating group) is 1. The van der Waals surface area contributed by atoms with Gasteiger partial charge in [-0.15, -0.1) is 0 Å². The first-order valence-electron chi connectivity index (χ1n) is 10.6. The number of carbonyl (C=O) groups is 2. The predicted molar refractivity (Wildman–Crippen MR) is 122 cm³/mol. The molecule has 0 aliphatic heterocycles. The molecule has 0 bridgehead atoms. The second-order valence-corrected chi connectivity index (χ2v) is 7.69. The summed E-state index contributed by atoms with van der Waals surface area (Å²) < 4.78 is 0. The molecular formula is C26H30N2O2. The lowest BCUT2D eigenvalue weighted by molar-refractivity contribution is -0.141. The standard InChI is InChI=1S/C26H30N2O2/c1-4-24(26(30)27-3)28(18-20-10-7-9-19(2)17-20)25(29)16-15-22-13-8-12-21-11-5-6-14-23(21)22/h5-14,17,24H,4,15-16,18H2,1-3H3,(H,27,30)/t24-/m0/s1. The third-order valence-corrected chi connectivity index (χ3v) is 5.56. The van der Waals surface area contributed by atoms with Crippen molar-refractivity contribution in [2.24, 2.45) is 0 Å². The summed E-state index contributed by atoms with van der Waals surface area (Å²) in [5.41, 5.74) is 3.34. The second kappa shape index (κ2) is 10.1. The van der Waals surface area contributed by atoms with Crippen molar-refractivity contribution < 1.29 is 9.59 Å². The molecule has 0 saturated heterocycles. The number of fused-ring (bicyclic) bond motifs is 1. The quantitative estimate of drug-likeness (QED) is 0.597. The van der Waals surface area contributed by atoms with Crippen LogP contribution in [-0.4, -0.2) is 29.8 Å². The molecule has 0 radical (unpaired) electrons. The van der Waals surface area contributed by atoms with Crippen LogP contribution < -0.4 is 5.32 Å². The van der Waals surface area contributed by atoms with E-state index in [0.717, 1.165) is 16.7 Å². The Kier molecular flexibility index (Phi) is 7.23. The number of carbonyl (C=O) groups excluding carboxylic acids is 2. The second-order valence-electron chi connectivity index (χ2n) is 7.69. The minimum atomic E-state index is -0.476. The molecular weight excluding hydrogens is 372 g/mol. The molecule has 0 spiro atoms. The lowest BCUT2D eigenvalue weighted by Gasteiger charge is -2.30. The van der Waals surface area contributed by atoms with Gasteiger partial charge in [0, 0.05) is 20.0 Å². The van der Waals surface area contributed by atoms with Crippen molar-refractivity contribution >= 4 is 22.6 Å². The van der Waals surface area contributed by atoms with Gasteiger partial charge in [-0.3, -0.25) is 9.59 Å². The van der Waals surface area contributed by atoms with E-state index < -0.39 is 6.04 Å². The average Bonchev–Trinajstić information content (AvgIpc) is 2.77. The first-order valence-corrected chi connectivity index (χ1v) is 10.6. The van der Waals surface area contributed by atoms with Crippen molar-refractivity contribution in [1.82, 2.24) is 10.2 Å². The van der Waals surface area contributed by atoms with Gasteiger partial charge in [-0.05, 0) is 41.7 Å². The number of rotatable bonds is 8. The molecule has 0 unspecified atom stereocenters. The molecule has 1 atom stereocenters. The van der Waals surface area contributed by atoms with Crippen LogP contribution in [0.2, 0.25) is 0 Å². The van der Waals surface area contributed by atoms with Crippen LogP contribution in [0.4, 0.5) is 0 Å². The molecule has 0 fully saturated rings. The predicted octanol–water partition coefficient (Wildman–Crippen LogP) is 4.63. The van der Waals surface area contributed by atoms with E-state index in [9.17, 15) is 9.59 Å². The number of hydrogen-bond acceptors (Lipinski definition) is 2. The molecule has 0 heterocycles. The van der Waals surface area contributed by atoms with Crippen molar-refractivity contribution in [3.05, 3.63) is 83.4 Å². The minimum Gasteiger partial charge on any atom is -0.357 e. The summed E-state index contributed by atoms with van der Waals surface area (Å²) in [7, 11) is 1.62. The molecule has 0 aliphatic carbocycles. The summed E-state index contributed by atoms with van der Waals surface area (Å²) in [6.45, 7) is 4.41. The Bertz CT molecular complexity index is 1020. The molecule has 3 aromatic carbocycles. The maximum absolute atomic E-state index is 13.3. The van der Waals surface area contributed by atoms with Crippen LogP contribution in [0.25, 0.3) is 10.8 Å². The number of aryl methyl sites for hydroxylation is 2. The van der Waals surface area contributed by atoms with E-state index in [0.29, 0.717) is 25.8 Å². The Hall–Kier alpha value is -3.14. The van der Waals surface area contributed by atoms with Gasteiger partial charge in [-0.2, -0.15) is 0 Å². The van der Waals surface area contributed by atoms with Crippen LogP contribution in [0.5, 0.6) is 0 Å². The fraction of sp³-hybridized carbons (Fsp3) is 0.308. The fourth-order valence-electron chi connectivity index (χ4n) is 3.99. The third kappa shape index (κ3) is 5.07. The SMILES string of the molecule is CC[C@@H](C(=O)NC)N(Cc1cccc(C)c1)C(=O)CCc1cccc2ccccc12. The number of nitrogens with one attached hydrogen (secondary N) is 1. The molecule has 156 valence electrons. The highest BCUT2D eigenvalue weighted by atomic mass is 16.2. The van der Waals surface area contributed by atoms with Crippen molar-refractivity contribution in [2.45, 2.75) is 45.7 Å². The van der Waals surface area contributed by atoms with Crippen LogP contribution in [0.1, 0.15) is 36.5 Å². The lowest BCUT2D eigenvalue weighted by Crippen LogP contribution is -2.48. The van der Waals surface area contributed by atoms with Crippen molar-refractivity contribution in [3.8, 4) is 0 Å². The van der Waals surface area contributed by atoms with Crippen LogP contribution in [-0.2, 0) is 22.6 Å². The zero-order valence-corrected chi connectivity index (χ0v) is 18.0. The zero-order valence-electron chi connectivity index (χ0n) is 18.0. The van der Waals surface area contributed by atoms with E-state index in [1.165, 1.54) is 10.8 Å². The summed E-state index contributed by atoms with van der Waals surface area (Å²) in [6, 6.07) is 22.1. The van der Waals surface area contributed by atoms with Crippen LogP contribution >= 0.6 is 0 Å². The fourth-order valence-corrected chi connectivity index (χ4v) is 3.99. The Morgan fingerprint density at radius 2 is 1.73 bits per heavy atom. The van der Waals surface area contributed by atoms with Gasteiger partial charge in [0.25, 0.3) is 0 Å². The van der Waals surface area contributed by atoms with Gasteiger partial charge in [0.2, 0.25) is 11.8 Å². The van der Waals surface area contributed by atoms with E-state index in [4.69, 9.17) is 0 Å². The van der Waals surface area contributed by atoms with Crippen molar-refractivity contribution in [3.63, 3.8) is 0 Å². The van der Waals surface area contributed by atoms with Crippen LogP contribution in [0.3, 0.4) is 0 Å². The van der Waals surface area contributed by atoms with Crippen LogP contribution in [0.15, 0.2) is 66.7 Å². The van der Waals surface area contributed by atoms with Gasteiger partial charge < -0.3 is 10.2 Å². The number of hydrogen-bond donors (Lipinski definition) is 1. The van der Waals surface area contributed by atoms with E-state index in [1.807, 2.05) is 50.2 Å². The molecule has 1 N–H and O–H groups in total. The molecule has 3 rings (SSSR count). The maximum Gasteiger partial charge on any atom is 0.242 e. The van der Waals surface area contributed by atoms with E-state index >= 15 is 0 Å². The Morgan fingerprint density at radius 3 is 2.47 bits per heavy atom. The van der Waals surface area contributed by atoms with Gasteiger partial charge >= 0.3 is 0 Å². The highest BCUT2D eigenvalue weighted by Crippen LogP contribution is 2.21. The summed E-state index contributed by atoms with van der Waals surface area (Å²) in [5, 5.41) is 5.07. The van der Waals surface area contributed by atoms with Gasteiger partial charge in [0.05, 0.1) is 0 Å². The molecule has 0 aromatic heterocycles.